The number of fused-ring (bicyclic) bond motifs is 9. The molecule has 2 aromatic heterocycles. The van der Waals surface area contributed by atoms with E-state index in [-0.39, 0.29) is 0 Å². The fourth-order valence-electron chi connectivity index (χ4n) is 9.60. The van der Waals surface area contributed by atoms with E-state index in [9.17, 15) is 0 Å². The minimum atomic E-state index is 0.374. The second kappa shape index (κ2) is 15.1. The van der Waals surface area contributed by atoms with Gasteiger partial charge in [0, 0.05) is 47.0 Å². The summed E-state index contributed by atoms with van der Waals surface area (Å²) in [6, 6.07) is 70.2. The normalized spacial score (nSPS) is 14.5. The van der Waals surface area contributed by atoms with Gasteiger partial charge in [-0.25, -0.2) is 15.0 Å². The molecule has 3 heterocycles. The summed E-state index contributed by atoms with van der Waals surface area (Å²) in [5, 5.41) is 7.92. The van der Waals surface area contributed by atoms with E-state index in [4.69, 9.17) is 15.0 Å². The summed E-state index contributed by atoms with van der Waals surface area (Å²) in [6.45, 7) is 0. The van der Waals surface area contributed by atoms with Crippen molar-refractivity contribution in [3.8, 4) is 56.4 Å². The second-order valence-electron chi connectivity index (χ2n) is 16.6. The van der Waals surface area contributed by atoms with Crippen molar-refractivity contribution in [3.05, 3.63) is 217 Å². The zero-order valence-corrected chi connectivity index (χ0v) is 36.2. The average Bonchev–Trinajstić information content (AvgIpc) is 3.94. The van der Waals surface area contributed by atoms with Crippen LogP contribution in [0.15, 0.2) is 211 Å². The van der Waals surface area contributed by atoms with Crippen molar-refractivity contribution in [1.82, 2.24) is 15.0 Å². The van der Waals surface area contributed by atoms with E-state index in [1.54, 1.807) is 0 Å². The van der Waals surface area contributed by atoms with E-state index in [2.05, 4.69) is 188 Å². The molecule has 1 aliphatic carbocycles. The molecular weight excluding hydrogens is 815 g/mol. The zero-order chi connectivity index (χ0) is 42.1. The molecule has 300 valence electrons. The molecule has 11 aromatic rings. The number of thioether (sulfide) groups is 1. The van der Waals surface area contributed by atoms with E-state index < -0.39 is 0 Å². The van der Waals surface area contributed by atoms with Gasteiger partial charge in [-0.15, -0.1) is 23.1 Å². The van der Waals surface area contributed by atoms with Gasteiger partial charge in [0.2, 0.25) is 0 Å². The Labute approximate surface area is 379 Å². The van der Waals surface area contributed by atoms with E-state index in [0.29, 0.717) is 22.7 Å². The van der Waals surface area contributed by atoms with Crippen LogP contribution in [-0.4, -0.2) is 20.2 Å². The van der Waals surface area contributed by atoms with Crippen LogP contribution in [-0.2, 0) is 0 Å². The lowest BCUT2D eigenvalue weighted by atomic mass is 9.86. The van der Waals surface area contributed by atoms with Crippen molar-refractivity contribution in [1.29, 1.82) is 0 Å². The number of allylic oxidation sites excluding steroid dienone is 3. The largest absolute Gasteiger partial charge is 0.208 e. The predicted octanol–water partition coefficient (Wildman–Crippen LogP) is 16.2. The molecule has 64 heavy (non-hydrogen) atoms. The van der Waals surface area contributed by atoms with Crippen LogP contribution >= 0.6 is 23.1 Å². The van der Waals surface area contributed by atoms with Gasteiger partial charge in [0.1, 0.15) is 0 Å². The fraction of sp³-hybridized carbons (Fsp3) is 0.0339. The van der Waals surface area contributed by atoms with Crippen LogP contribution in [0.2, 0.25) is 0 Å². The van der Waals surface area contributed by atoms with E-state index in [0.717, 1.165) is 23.1 Å². The number of hydrogen-bond acceptors (Lipinski definition) is 5. The van der Waals surface area contributed by atoms with Crippen LogP contribution in [0.1, 0.15) is 17.5 Å². The molecule has 3 nitrogen and oxygen atoms in total. The highest BCUT2D eigenvalue weighted by molar-refractivity contribution is 8.01. The lowest BCUT2D eigenvalue weighted by Gasteiger charge is -2.19. The summed E-state index contributed by atoms with van der Waals surface area (Å²) in [6.07, 6.45) is 5.68. The molecule has 0 fully saturated rings. The van der Waals surface area contributed by atoms with E-state index in [1.807, 2.05) is 41.3 Å². The minimum Gasteiger partial charge on any atom is -0.208 e. The molecule has 0 radical (unpaired) electrons. The highest BCUT2D eigenvalue weighted by Crippen LogP contribution is 2.52. The highest BCUT2D eigenvalue weighted by atomic mass is 32.2. The molecule has 1 atom stereocenters. The fourth-order valence-corrected chi connectivity index (χ4v) is 12.0. The quantitative estimate of drug-likeness (QED) is 0.156. The van der Waals surface area contributed by atoms with Gasteiger partial charge in [0.05, 0.1) is 0 Å². The molecule has 0 amide bonds. The summed E-state index contributed by atoms with van der Waals surface area (Å²) < 4.78 is 2.54. The Balaban J connectivity index is 0.875. The summed E-state index contributed by atoms with van der Waals surface area (Å²) in [4.78, 5) is 16.6. The van der Waals surface area contributed by atoms with Crippen molar-refractivity contribution in [2.45, 2.75) is 16.6 Å². The summed E-state index contributed by atoms with van der Waals surface area (Å²) in [7, 11) is 0. The van der Waals surface area contributed by atoms with Gasteiger partial charge >= 0.3 is 0 Å². The van der Waals surface area contributed by atoms with Crippen LogP contribution in [0.4, 0.5) is 0 Å². The summed E-state index contributed by atoms with van der Waals surface area (Å²) in [5.41, 5.74) is 13.1. The average molecular weight is 852 g/mol. The standard InChI is InChI=1S/C59H37N3S2/c1-3-10-36(11-4-1)42-26-22-38-18-19-39-23-27-43(33-49(39)48(38)32-42)44-28-30-54-51(34-44)56-46(15-9-17-55(56)64-54)37-20-24-41(25-21-37)58-60-57(40-12-5-2-6-13-40)61-59(62-58)45-29-31-53-50(35-45)47-14-7-8-16-52(47)63-53/h1-16,18-35,55H,17H2. The van der Waals surface area contributed by atoms with Crippen LogP contribution in [0.3, 0.4) is 0 Å². The Bertz CT molecular complexity index is 3720. The number of nitrogens with zero attached hydrogens (tertiary/aromatic N) is 3. The molecule has 9 aromatic carbocycles. The van der Waals surface area contributed by atoms with Crippen molar-refractivity contribution < 1.29 is 0 Å². The smallest absolute Gasteiger partial charge is 0.164 e. The van der Waals surface area contributed by atoms with E-state index >= 15 is 0 Å². The third-order valence-electron chi connectivity index (χ3n) is 12.8. The van der Waals surface area contributed by atoms with Crippen LogP contribution in [0.5, 0.6) is 0 Å². The van der Waals surface area contributed by atoms with Gasteiger partial charge in [-0.1, -0.05) is 158 Å². The van der Waals surface area contributed by atoms with Crippen LogP contribution in [0, 0.1) is 0 Å². The second-order valence-corrected chi connectivity index (χ2v) is 19.0. The molecule has 2 aliphatic rings. The first kappa shape index (κ1) is 37.1. The Morgan fingerprint density at radius 2 is 0.906 bits per heavy atom. The van der Waals surface area contributed by atoms with Crippen LogP contribution < -0.4 is 0 Å². The predicted molar refractivity (Wildman–Crippen MR) is 272 cm³/mol. The number of rotatable bonds is 6. The van der Waals surface area contributed by atoms with Crippen molar-refractivity contribution >= 4 is 76.0 Å². The molecular formula is C59H37N3S2. The molecule has 1 aliphatic heterocycles. The van der Waals surface area contributed by atoms with Crippen molar-refractivity contribution in [3.63, 3.8) is 0 Å². The van der Waals surface area contributed by atoms with Crippen LogP contribution in [0.25, 0.3) is 109 Å². The van der Waals surface area contributed by atoms with Crippen molar-refractivity contribution in [2.24, 2.45) is 0 Å². The Morgan fingerprint density at radius 1 is 0.391 bits per heavy atom. The lowest BCUT2D eigenvalue weighted by molar-refractivity contribution is 1.07. The van der Waals surface area contributed by atoms with Gasteiger partial charge < -0.3 is 0 Å². The molecule has 0 saturated heterocycles. The third-order valence-corrected chi connectivity index (χ3v) is 15.3. The highest BCUT2D eigenvalue weighted by Gasteiger charge is 2.32. The maximum Gasteiger partial charge on any atom is 0.164 e. The lowest BCUT2D eigenvalue weighted by Crippen LogP contribution is -2.05. The van der Waals surface area contributed by atoms with Gasteiger partial charge in [-0.05, 0) is 121 Å². The minimum absolute atomic E-state index is 0.374. The molecule has 1 unspecified atom stereocenters. The van der Waals surface area contributed by atoms with Gasteiger partial charge in [0.15, 0.2) is 17.5 Å². The number of thiophene rings is 1. The zero-order valence-electron chi connectivity index (χ0n) is 34.6. The first-order chi connectivity index (χ1) is 31.7. The molecule has 0 spiro atoms. The molecule has 0 N–H and O–H groups in total. The third kappa shape index (κ3) is 6.39. The first-order valence-corrected chi connectivity index (χ1v) is 23.4. The number of benzene rings is 9. The van der Waals surface area contributed by atoms with Gasteiger partial charge in [-0.2, -0.15) is 0 Å². The Hall–Kier alpha value is -7.44. The Morgan fingerprint density at radius 3 is 1.64 bits per heavy atom. The SMILES string of the molecule is C1=CC(c2ccc(-c3nc(-c4ccccc4)nc(-c4ccc5sc6ccccc6c5c4)n3)cc2)=C2c3cc(-c4ccc5ccc6ccc(-c7ccccc7)cc6c5c4)ccc3SC2C1. The van der Waals surface area contributed by atoms with E-state index in [1.165, 1.54) is 91.1 Å². The first-order valence-electron chi connectivity index (χ1n) is 21.7. The molecule has 5 heteroatoms. The summed E-state index contributed by atoms with van der Waals surface area (Å²) in [5.74, 6) is 1.99. The van der Waals surface area contributed by atoms with Gasteiger partial charge in [-0.3, -0.25) is 0 Å². The van der Waals surface area contributed by atoms with Crippen molar-refractivity contribution in [2.75, 3.05) is 0 Å². The topological polar surface area (TPSA) is 38.7 Å². The summed E-state index contributed by atoms with van der Waals surface area (Å²) >= 11 is 3.81. The molecule has 0 bridgehead atoms. The number of hydrogen-bond donors (Lipinski definition) is 0. The molecule has 13 rings (SSSR count). The number of aromatic nitrogens is 3. The molecule has 0 saturated carbocycles. The Kier molecular flexibility index (Phi) is 8.78. The maximum atomic E-state index is 5.14. The van der Waals surface area contributed by atoms with Gasteiger partial charge in [0.25, 0.3) is 0 Å². The maximum absolute atomic E-state index is 5.14. The monoisotopic (exact) mass is 851 g/mol.